The molecule has 3 nitrogen and oxygen atoms in total. The molecular formula is C27H37NO2. The highest BCUT2D eigenvalue weighted by atomic mass is 16.5. The van der Waals surface area contributed by atoms with Gasteiger partial charge in [0.2, 0.25) is 0 Å². The number of ether oxygens (including phenoxy) is 1. The second-order valence-electron chi connectivity index (χ2n) is 9.23. The number of benzene rings is 1. The van der Waals surface area contributed by atoms with E-state index in [1.165, 1.54) is 17.5 Å². The monoisotopic (exact) mass is 407 g/mol. The number of nitriles is 1. The Balaban J connectivity index is 1.36. The zero-order chi connectivity index (χ0) is 21.2. The molecule has 0 heterocycles. The number of rotatable bonds is 8. The van der Waals surface area contributed by atoms with Crippen molar-refractivity contribution in [1.29, 1.82) is 5.26 Å². The fourth-order valence-electron chi connectivity index (χ4n) is 5.17. The van der Waals surface area contributed by atoms with Crippen LogP contribution >= 0.6 is 0 Å². The first-order valence-corrected chi connectivity index (χ1v) is 12.0. The maximum absolute atomic E-state index is 12.7. The molecule has 1 aromatic carbocycles. The van der Waals surface area contributed by atoms with Gasteiger partial charge in [0.15, 0.2) is 0 Å². The summed E-state index contributed by atoms with van der Waals surface area (Å²) in [7, 11) is 0. The fraction of sp³-hybridized carbons (Fsp3) is 0.630. The zero-order valence-corrected chi connectivity index (χ0v) is 18.5. The number of hydrogen-bond acceptors (Lipinski definition) is 3. The molecule has 0 amide bonds. The van der Waals surface area contributed by atoms with Crippen molar-refractivity contribution in [3.8, 4) is 6.07 Å². The molecule has 3 rings (SSSR count). The van der Waals surface area contributed by atoms with E-state index < -0.39 is 0 Å². The second-order valence-corrected chi connectivity index (χ2v) is 9.23. The summed E-state index contributed by atoms with van der Waals surface area (Å²) in [4.78, 5) is 12.7. The zero-order valence-electron chi connectivity index (χ0n) is 18.5. The van der Waals surface area contributed by atoms with Gasteiger partial charge in [-0.3, -0.25) is 4.79 Å². The Morgan fingerprint density at radius 1 is 1.07 bits per heavy atom. The minimum atomic E-state index is 0.0483. The number of allylic oxidation sites excluding steroid dienone is 2. The van der Waals surface area contributed by atoms with Crippen molar-refractivity contribution >= 4 is 5.97 Å². The quantitative estimate of drug-likeness (QED) is 0.349. The number of nitrogens with zero attached hydrogens (tertiary/aromatic N) is 1. The van der Waals surface area contributed by atoms with Crippen LogP contribution in [0.25, 0.3) is 0 Å². The molecule has 2 aliphatic rings. The summed E-state index contributed by atoms with van der Waals surface area (Å²) in [6.45, 7) is 2.22. The molecule has 2 fully saturated rings. The van der Waals surface area contributed by atoms with Gasteiger partial charge < -0.3 is 4.74 Å². The van der Waals surface area contributed by atoms with E-state index in [9.17, 15) is 4.79 Å². The Labute approximate surface area is 182 Å². The maximum atomic E-state index is 12.7. The molecule has 30 heavy (non-hydrogen) atoms. The molecule has 0 atom stereocenters. The average molecular weight is 408 g/mol. The smallest absolute Gasteiger partial charge is 0.309 e. The molecular weight excluding hydrogens is 370 g/mol. The SMILES string of the molecule is CCCc1ccc(C2CCC(C(=O)OC3CCC(CCC=CC#N)CC3)CC2)cc1. The molecule has 0 spiro atoms. The van der Waals surface area contributed by atoms with Crippen LogP contribution in [-0.4, -0.2) is 12.1 Å². The van der Waals surface area contributed by atoms with Gasteiger partial charge >= 0.3 is 5.97 Å². The molecule has 162 valence electrons. The minimum Gasteiger partial charge on any atom is -0.462 e. The van der Waals surface area contributed by atoms with Crippen molar-refractivity contribution in [2.75, 3.05) is 0 Å². The maximum Gasteiger partial charge on any atom is 0.309 e. The summed E-state index contributed by atoms with van der Waals surface area (Å²) in [5.74, 6) is 1.44. The summed E-state index contributed by atoms with van der Waals surface area (Å²) >= 11 is 0. The number of carbonyl (C=O) groups is 1. The van der Waals surface area contributed by atoms with Crippen molar-refractivity contribution < 1.29 is 9.53 Å². The molecule has 2 saturated carbocycles. The number of carbonyl (C=O) groups excluding carboxylic acids is 1. The Kier molecular flexibility index (Phi) is 9.00. The molecule has 0 aliphatic heterocycles. The van der Waals surface area contributed by atoms with Crippen LogP contribution in [0.3, 0.4) is 0 Å². The molecule has 0 aromatic heterocycles. The molecule has 0 bridgehead atoms. The summed E-state index contributed by atoms with van der Waals surface area (Å²) < 4.78 is 5.91. The van der Waals surface area contributed by atoms with Crippen LogP contribution in [0.15, 0.2) is 36.4 Å². The van der Waals surface area contributed by atoms with Gasteiger partial charge in [-0.25, -0.2) is 0 Å². The lowest BCUT2D eigenvalue weighted by molar-refractivity contribution is -0.157. The summed E-state index contributed by atoms with van der Waals surface area (Å²) in [5, 5.41) is 8.54. The Hall–Kier alpha value is -2.08. The van der Waals surface area contributed by atoms with E-state index in [-0.39, 0.29) is 18.0 Å². The van der Waals surface area contributed by atoms with E-state index in [4.69, 9.17) is 10.00 Å². The van der Waals surface area contributed by atoms with E-state index in [0.717, 1.165) is 70.6 Å². The van der Waals surface area contributed by atoms with Crippen LogP contribution in [0.4, 0.5) is 0 Å². The fourth-order valence-corrected chi connectivity index (χ4v) is 5.17. The summed E-state index contributed by atoms with van der Waals surface area (Å²) in [6, 6.07) is 11.2. The molecule has 2 aliphatic carbocycles. The van der Waals surface area contributed by atoms with Crippen molar-refractivity contribution in [3.05, 3.63) is 47.5 Å². The van der Waals surface area contributed by atoms with Crippen LogP contribution < -0.4 is 0 Å². The van der Waals surface area contributed by atoms with Crippen LogP contribution in [0.1, 0.15) is 94.6 Å². The third-order valence-corrected chi connectivity index (χ3v) is 7.06. The highest BCUT2D eigenvalue weighted by Gasteiger charge is 2.31. The topological polar surface area (TPSA) is 50.1 Å². The first kappa shape index (κ1) is 22.6. The Morgan fingerprint density at radius 3 is 2.40 bits per heavy atom. The van der Waals surface area contributed by atoms with Gasteiger partial charge in [0, 0.05) is 6.08 Å². The largest absolute Gasteiger partial charge is 0.462 e. The molecule has 0 radical (unpaired) electrons. The highest BCUT2D eigenvalue weighted by Crippen LogP contribution is 2.37. The van der Waals surface area contributed by atoms with Gasteiger partial charge in [0.05, 0.1) is 12.0 Å². The van der Waals surface area contributed by atoms with Crippen LogP contribution in [-0.2, 0) is 16.0 Å². The highest BCUT2D eigenvalue weighted by molar-refractivity contribution is 5.72. The Morgan fingerprint density at radius 2 is 1.77 bits per heavy atom. The van der Waals surface area contributed by atoms with E-state index >= 15 is 0 Å². The van der Waals surface area contributed by atoms with E-state index in [0.29, 0.717) is 11.8 Å². The number of esters is 1. The van der Waals surface area contributed by atoms with Crippen molar-refractivity contribution in [3.63, 3.8) is 0 Å². The van der Waals surface area contributed by atoms with Gasteiger partial charge in [-0.15, -0.1) is 0 Å². The molecule has 1 aromatic rings. The van der Waals surface area contributed by atoms with Gasteiger partial charge in [0.1, 0.15) is 6.10 Å². The normalized spacial score (nSPS) is 26.9. The predicted molar refractivity (Wildman–Crippen MR) is 121 cm³/mol. The van der Waals surface area contributed by atoms with Gasteiger partial charge in [-0.2, -0.15) is 5.26 Å². The first-order chi connectivity index (χ1) is 14.7. The van der Waals surface area contributed by atoms with E-state index in [2.05, 4.69) is 31.2 Å². The van der Waals surface area contributed by atoms with Crippen LogP contribution in [0, 0.1) is 23.2 Å². The number of hydrogen-bond donors (Lipinski definition) is 0. The lowest BCUT2D eigenvalue weighted by Gasteiger charge is -2.31. The standard InChI is InChI=1S/C27H37NO2/c1-2-6-21-8-12-23(13-9-21)24-14-16-25(17-15-24)27(29)30-26-18-10-22(11-19-26)7-4-3-5-20-28/h3,5,8-9,12-13,22,24-26H,2,4,6-7,10-11,14-19H2,1H3. The third-order valence-electron chi connectivity index (χ3n) is 7.06. The van der Waals surface area contributed by atoms with Gasteiger partial charge in [-0.1, -0.05) is 43.7 Å². The average Bonchev–Trinajstić information content (AvgIpc) is 2.79. The van der Waals surface area contributed by atoms with E-state index in [1.807, 2.05) is 12.1 Å². The summed E-state index contributed by atoms with van der Waals surface area (Å²) in [6.07, 6.45) is 16.5. The number of aryl methyl sites for hydroxylation is 1. The molecule has 0 unspecified atom stereocenters. The van der Waals surface area contributed by atoms with Gasteiger partial charge in [-0.05, 0) is 93.6 Å². The van der Waals surface area contributed by atoms with Gasteiger partial charge in [0.25, 0.3) is 0 Å². The molecule has 0 N–H and O–H groups in total. The third kappa shape index (κ3) is 6.73. The Bertz CT molecular complexity index is 714. The van der Waals surface area contributed by atoms with Crippen molar-refractivity contribution in [1.82, 2.24) is 0 Å². The summed E-state index contributed by atoms with van der Waals surface area (Å²) in [5.41, 5.74) is 2.86. The minimum absolute atomic E-state index is 0.0483. The lowest BCUT2D eigenvalue weighted by Crippen LogP contribution is -2.29. The predicted octanol–water partition coefficient (Wildman–Crippen LogP) is 6.87. The van der Waals surface area contributed by atoms with Crippen LogP contribution in [0.2, 0.25) is 0 Å². The van der Waals surface area contributed by atoms with E-state index in [1.54, 1.807) is 6.08 Å². The first-order valence-electron chi connectivity index (χ1n) is 12.0. The van der Waals surface area contributed by atoms with Crippen LogP contribution in [0.5, 0.6) is 0 Å². The lowest BCUT2D eigenvalue weighted by atomic mass is 9.78. The van der Waals surface area contributed by atoms with Crippen molar-refractivity contribution in [2.24, 2.45) is 11.8 Å². The molecule has 0 saturated heterocycles. The van der Waals surface area contributed by atoms with Crippen molar-refractivity contribution in [2.45, 2.75) is 96.0 Å². The molecule has 3 heteroatoms. The second kappa shape index (κ2) is 11.9.